The maximum absolute atomic E-state index is 11.5. The molecule has 0 spiro atoms. The van der Waals surface area contributed by atoms with Crippen LogP contribution in [0.25, 0.3) is 16.7 Å². The van der Waals surface area contributed by atoms with Gasteiger partial charge in [0.2, 0.25) is 0 Å². The van der Waals surface area contributed by atoms with Crippen molar-refractivity contribution in [3.8, 4) is 11.4 Å². The number of nitrogens with one attached hydrogen (secondary N) is 1. The number of para-hydroxylation sites is 2. The molecule has 8 heteroatoms. The highest BCUT2D eigenvalue weighted by atomic mass is 35.5. The number of carboxylic acids is 1. The second-order valence-electron chi connectivity index (χ2n) is 10.3. The smallest absolute Gasteiger partial charge is 0.306 e. The Morgan fingerprint density at radius 3 is 2.73 bits per heavy atom. The third-order valence-electron chi connectivity index (χ3n) is 7.78. The van der Waals surface area contributed by atoms with Crippen LogP contribution in [-0.4, -0.2) is 27.2 Å². The molecule has 0 saturated heterocycles. The molecule has 208 valence electrons. The zero-order chi connectivity index (χ0) is 28.5. The van der Waals surface area contributed by atoms with E-state index in [1.54, 1.807) is 18.7 Å². The fourth-order valence-electron chi connectivity index (χ4n) is 5.29. The van der Waals surface area contributed by atoms with Gasteiger partial charge >= 0.3 is 5.97 Å². The predicted molar refractivity (Wildman–Crippen MR) is 166 cm³/mol. The number of aliphatic carboxylic acids is 1. The second-order valence-corrected chi connectivity index (χ2v) is 11.7. The molecule has 2 heterocycles. The van der Waals surface area contributed by atoms with Crippen molar-refractivity contribution < 1.29 is 14.6 Å². The van der Waals surface area contributed by atoms with Crippen LogP contribution in [0.15, 0.2) is 90.1 Å². The zero-order valence-electron chi connectivity index (χ0n) is 22.8. The molecule has 0 bridgehead atoms. The molecule has 2 atom stereocenters. The topological polar surface area (TPSA) is 76.4 Å². The standard InChI is InChI=1S/C33H30ClN3O3S/c1-20-23(17-35-25-14-15-26-27(21(2)32(38)39)18-40-31(26)16-25)6-5-9-29(20)37-30-8-4-3-7-28(30)36-33(37)41-19-22-10-12-24(34)13-11-22/h3-16,21,27,35H,17-19H2,1-2H3,(H,38,39)/t21?,27-/m0/s1. The van der Waals surface area contributed by atoms with Gasteiger partial charge in [-0.1, -0.05) is 72.8 Å². The number of thioether (sulfide) groups is 1. The quantitative estimate of drug-likeness (QED) is 0.171. The molecule has 0 radical (unpaired) electrons. The van der Waals surface area contributed by atoms with Crippen LogP contribution in [0.1, 0.15) is 35.1 Å². The fraction of sp³-hybridized carbons (Fsp3) is 0.212. The Kier molecular flexibility index (Phi) is 7.65. The molecule has 0 aliphatic carbocycles. The predicted octanol–water partition coefficient (Wildman–Crippen LogP) is 8.09. The van der Waals surface area contributed by atoms with E-state index in [0.29, 0.717) is 13.2 Å². The number of rotatable bonds is 9. The van der Waals surface area contributed by atoms with E-state index in [-0.39, 0.29) is 5.92 Å². The Bertz CT molecular complexity index is 1730. The minimum absolute atomic E-state index is 0.132. The molecule has 4 aromatic carbocycles. The maximum atomic E-state index is 11.5. The van der Waals surface area contributed by atoms with Crippen LogP contribution in [0, 0.1) is 12.8 Å². The van der Waals surface area contributed by atoms with Crippen molar-refractivity contribution in [2.45, 2.75) is 37.2 Å². The number of carboxylic acid groups (broad SMARTS) is 1. The Hall–Kier alpha value is -3.94. The van der Waals surface area contributed by atoms with Crippen molar-refractivity contribution in [2.24, 2.45) is 5.92 Å². The van der Waals surface area contributed by atoms with Gasteiger partial charge in [-0.3, -0.25) is 9.36 Å². The zero-order valence-corrected chi connectivity index (χ0v) is 24.4. The van der Waals surface area contributed by atoms with E-state index in [4.69, 9.17) is 21.3 Å². The number of halogens is 1. The summed E-state index contributed by atoms with van der Waals surface area (Å²) in [5, 5.41) is 14.6. The minimum atomic E-state index is -0.804. The number of carbonyl (C=O) groups is 1. The van der Waals surface area contributed by atoms with Crippen molar-refractivity contribution in [3.05, 3.63) is 112 Å². The number of ether oxygens (including phenoxy) is 1. The molecule has 1 aliphatic heterocycles. The van der Waals surface area contributed by atoms with Gasteiger partial charge in [0.1, 0.15) is 5.75 Å². The highest BCUT2D eigenvalue weighted by Gasteiger charge is 2.32. The van der Waals surface area contributed by atoms with Crippen LogP contribution in [0.4, 0.5) is 5.69 Å². The van der Waals surface area contributed by atoms with Crippen molar-refractivity contribution >= 4 is 46.1 Å². The fourth-order valence-corrected chi connectivity index (χ4v) is 6.40. The van der Waals surface area contributed by atoms with Crippen LogP contribution in [0.5, 0.6) is 5.75 Å². The number of hydrogen-bond acceptors (Lipinski definition) is 5. The van der Waals surface area contributed by atoms with Crippen LogP contribution in [-0.2, 0) is 17.1 Å². The monoisotopic (exact) mass is 583 g/mol. The summed E-state index contributed by atoms with van der Waals surface area (Å²) in [6.45, 7) is 4.91. The molecule has 6 nitrogen and oxygen atoms in total. The van der Waals surface area contributed by atoms with Gasteiger partial charge in [-0.15, -0.1) is 0 Å². The average Bonchev–Trinajstić information content (AvgIpc) is 3.57. The van der Waals surface area contributed by atoms with Crippen LogP contribution < -0.4 is 10.1 Å². The summed E-state index contributed by atoms with van der Waals surface area (Å²) in [6.07, 6.45) is 0. The van der Waals surface area contributed by atoms with E-state index < -0.39 is 11.9 Å². The molecule has 1 aliphatic rings. The van der Waals surface area contributed by atoms with Crippen molar-refractivity contribution in [2.75, 3.05) is 11.9 Å². The van der Waals surface area contributed by atoms with Gasteiger partial charge < -0.3 is 15.2 Å². The lowest BCUT2D eigenvalue weighted by Crippen LogP contribution is -2.19. The van der Waals surface area contributed by atoms with E-state index in [1.807, 2.05) is 42.5 Å². The lowest BCUT2D eigenvalue weighted by molar-refractivity contribution is -0.142. The summed E-state index contributed by atoms with van der Waals surface area (Å²) < 4.78 is 8.11. The Labute approximate surface area is 248 Å². The first-order chi connectivity index (χ1) is 19.9. The van der Waals surface area contributed by atoms with Gasteiger partial charge in [-0.25, -0.2) is 4.98 Å². The molecule has 0 saturated carbocycles. The van der Waals surface area contributed by atoms with Crippen molar-refractivity contribution in [1.29, 1.82) is 0 Å². The molecule has 1 unspecified atom stereocenters. The van der Waals surface area contributed by atoms with E-state index in [2.05, 4.69) is 59.3 Å². The summed E-state index contributed by atoms with van der Waals surface area (Å²) in [5.41, 5.74) is 8.55. The van der Waals surface area contributed by atoms with Gasteiger partial charge in [0.25, 0.3) is 0 Å². The van der Waals surface area contributed by atoms with Crippen molar-refractivity contribution in [1.82, 2.24) is 9.55 Å². The van der Waals surface area contributed by atoms with Gasteiger partial charge in [0, 0.05) is 40.6 Å². The first-order valence-electron chi connectivity index (χ1n) is 13.6. The summed E-state index contributed by atoms with van der Waals surface area (Å²) >= 11 is 7.79. The summed E-state index contributed by atoms with van der Waals surface area (Å²) in [7, 11) is 0. The number of benzene rings is 4. The summed E-state index contributed by atoms with van der Waals surface area (Å²) in [5.74, 6) is 0.112. The Morgan fingerprint density at radius 2 is 1.93 bits per heavy atom. The van der Waals surface area contributed by atoms with Gasteiger partial charge in [0.15, 0.2) is 5.16 Å². The minimum Gasteiger partial charge on any atom is -0.493 e. The van der Waals surface area contributed by atoms with E-state index in [1.165, 1.54) is 16.7 Å². The van der Waals surface area contributed by atoms with Crippen molar-refractivity contribution in [3.63, 3.8) is 0 Å². The first kappa shape index (κ1) is 27.2. The lowest BCUT2D eigenvalue weighted by Gasteiger charge is -2.17. The molecule has 0 fully saturated rings. The van der Waals surface area contributed by atoms with Crippen LogP contribution in [0.2, 0.25) is 5.02 Å². The Morgan fingerprint density at radius 1 is 1.12 bits per heavy atom. The highest BCUT2D eigenvalue weighted by Crippen LogP contribution is 2.40. The van der Waals surface area contributed by atoms with Gasteiger partial charge in [0.05, 0.1) is 29.2 Å². The van der Waals surface area contributed by atoms with E-state index in [9.17, 15) is 9.90 Å². The Balaban J connectivity index is 1.25. The highest BCUT2D eigenvalue weighted by molar-refractivity contribution is 7.98. The molecule has 0 amide bonds. The SMILES string of the molecule is Cc1c(CNc2ccc3c(c2)OC[C@H]3C(C)C(=O)O)cccc1-n1c(SCc2ccc(Cl)cc2)nc2ccccc21. The molecule has 1 aromatic heterocycles. The summed E-state index contributed by atoms with van der Waals surface area (Å²) in [6, 6.07) is 28.5. The molecule has 41 heavy (non-hydrogen) atoms. The molecular weight excluding hydrogens is 554 g/mol. The lowest BCUT2D eigenvalue weighted by atomic mass is 9.89. The largest absolute Gasteiger partial charge is 0.493 e. The molecule has 2 N–H and O–H groups in total. The maximum Gasteiger partial charge on any atom is 0.306 e. The van der Waals surface area contributed by atoms with Crippen LogP contribution in [0.3, 0.4) is 0 Å². The van der Waals surface area contributed by atoms with Gasteiger partial charge in [-0.2, -0.15) is 0 Å². The first-order valence-corrected chi connectivity index (χ1v) is 14.9. The third-order valence-corrected chi connectivity index (χ3v) is 9.04. The normalized spacial score (nSPS) is 15.0. The van der Waals surface area contributed by atoms with E-state index in [0.717, 1.165) is 49.7 Å². The van der Waals surface area contributed by atoms with Crippen LogP contribution >= 0.6 is 23.4 Å². The van der Waals surface area contributed by atoms with Gasteiger partial charge in [-0.05, 0) is 60.0 Å². The molecule has 6 rings (SSSR count). The van der Waals surface area contributed by atoms with E-state index >= 15 is 0 Å². The number of fused-ring (bicyclic) bond motifs is 2. The molecule has 5 aromatic rings. The third kappa shape index (κ3) is 5.52. The number of anilines is 1. The second kappa shape index (κ2) is 11.5. The number of hydrogen-bond donors (Lipinski definition) is 2. The number of aromatic nitrogens is 2. The summed E-state index contributed by atoms with van der Waals surface area (Å²) in [4.78, 5) is 16.5. The number of nitrogens with zero attached hydrogens (tertiary/aromatic N) is 2. The average molecular weight is 584 g/mol. The number of imidazole rings is 1. The molecular formula is C33H30ClN3O3S.